The number of rotatable bonds is 4. The molecule has 1 saturated heterocycles. The minimum Gasteiger partial charge on any atom is -0.384 e. The summed E-state index contributed by atoms with van der Waals surface area (Å²) in [4.78, 5) is 26.9. The van der Waals surface area contributed by atoms with Crippen LogP contribution in [0.2, 0.25) is 0 Å². The van der Waals surface area contributed by atoms with Crippen LogP contribution in [-0.4, -0.2) is 77.6 Å². The molecule has 9 nitrogen and oxygen atoms in total. The van der Waals surface area contributed by atoms with Crippen LogP contribution in [0.3, 0.4) is 0 Å². The standard InChI is InChI=1S/C24H34O9S/c1-22-11-19-18(32-7-8-33-19)9-13(22)3-4-14-15-5-6-24(28,21(27)17(26)12-34(29,30)31)23(15,2)10-16(25)20(14)22/h3,14-15,17-20,26,28H,4-12H2,1-2H3,(H,29,30,31)/t14-,15-,17?,18?,19?,20+,22-,23-,24-/m0/s1. The molecule has 0 aromatic carbocycles. The normalized spacial score (nSPS) is 47.0. The lowest BCUT2D eigenvalue weighted by atomic mass is 9.46. The van der Waals surface area contributed by atoms with Crippen molar-refractivity contribution >= 4 is 21.7 Å². The molecule has 0 aromatic rings. The van der Waals surface area contributed by atoms with Gasteiger partial charge in [0.05, 0.1) is 25.4 Å². The first-order valence-corrected chi connectivity index (χ1v) is 13.8. The van der Waals surface area contributed by atoms with Crippen molar-refractivity contribution in [2.45, 2.75) is 76.3 Å². The highest BCUT2D eigenvalue weighted by atomic mass is 32.2. The van der Waals surface area contributed by atoms with Gasteiger partial charge >= 0.3 is 0 Å². The number of ether oxygens (including phenoxy) is 2. The first kappa shape index (κ1) is 24.5. The molecule has 0 amide bonds. The average Bonchev–Trinajstić information content (AvgIpc) is 3.01. The van der Waals surface area contributed by atoms with Gasteiger partial charge in [-0.1, -0.05) is 25.5 Å². The van der Waals surface area contributed by atoms with E-state index in [1.807, 2.05) is 0 Å². The van der Waals surface area contributed by atoms with Gasteiger partial charge in [-0.3, -0.25) is 14.1 Å². The van der Waals surface area contributed by atoms with Crippen molar-refractivity contribution < 1.29 is 42.2 Å². The number of Topliss-reactive ketones (excluding diaryl/α,β-unsaturated/α-hetero) is 2. The van der Waals surface area contributed by atoms with Crippen molar-refractivity contribution in [2.24, 2.45) is 28.6 Å². The van der Waals surface area contributed by atoms with Gasteiger partial charge in [0.2, 0.25) is 0 Å². The van der Waals surface area contributed by atoms with Gasteiger partial charge in [0, 0.05) is 23.2 Å². The Hall–Kier alpha value is -1.17. The lowest BCUT2D eigenvalue weighted by Crippen LogP contribution is -2.63. The molecule has 0 spiro atoms. The van der Waals surface area contributed by atoms with Gasteiger partial charge in [0.15, 0.2) is 5.78 Å². The van der Waals surface area contributed by atoms with Crippen LogP contribution in [0.15, 0.2) is 11.6 Å². The highest BCUT2D eigenvalue weighted by Gasteiger charge is 2.69. The van der Waals surface area contributed by atoms with E-state index < -0.39 is 38.8 Å². The molecule has 0 bridgehead atoms. The summed E-state index contributed by atoms with van der Waals surface area (Å²) in [7, 11) is -4.61. The molecule has 190 valence electrons. The molecule has 4 fully saturated rings. The monoisotopic (exact) mass is 498 g/mol. The maximum absolute atomic E-state index is 13.8. The van der Waals surface area contributed by atoms with E-state index in [4.69, 9.17) is 14.0 Å². The Morgan fingerprint density at radius 2 is 1.91 bits per heavy atom. The molecule has 5 rings (SSSR count). The summed E-state index contributed by atoms with van der Waals surface area (Å²) in [6.45, 7) is 4.96. The predicted molar refractivity (Wildman–Crippen MR) is 119 cm³/mol. The summed E-state index contributed by atoms with van der Waals surface area (Å²) in [5, 5.41) is 21.8. The van der Waals surface area contributed by atoms with Crippen LogP contribution in [-0.2, 0) is 29.2 Å². The second-order valence-electron chi connectivity index (χ2n) is 11.4. The first-order valence-electron chi connectivity index (χ1n) is 12.2. The van der Waals surface area contributed by atoms with Crippen LogP contribution >= 0.6 is 0 Å². The summed E-state index contributed by atoms with van der Waals surface area (Å²) < 4.78 is 43.4. The van der Waals surface area contributed by atoms with Gasteiger partial charge in [0.25, 0.3) is 10.1 Å². The Balaban J connectivity index is 1.46. The summed E-state index contributed by atoms with van der Waals surface area (Å²) in [6, 6.07) is 0. The van der Waals surface area contributed by atoms with Crippen molar-refractivity contribution in [3.63, 3.8) is 0 Å². The summed E-state index contributed by atoms with van der Waals surface area (Å²) in [5.41, 5.74) is -2.30. The molecular weight excluding hydrogens is 464 g/mol. The number of ketones is 2. The molecular formula is C24H34O9S. The molecule has 3 saturated carbocycles. The van der Waals surface area contributed by atoms with Crippen molar-refractivity contribution in [3.8, 4) is 0 Å². The third-order valence-electron chi connectivity index (χ3n) is 9.76. The largest absolute Gasteiger partial charge is 0.384 e. The third-order valence-corrected chi connectivity index (χ3v) is 10.5. The number of hydrogen-bond donors (Lipinski definition) is 3. The summed E-state index contributed by atoms with van der Waals surface area (Å²) in [6.07, 6.45) is 2.71. The number of allylic oxidation sites excluding steroid dienone is 1. The minimum absolute atomic E-state index is 0.00654. The zero-order valence-electron chi connectivity index (χ0n) is 19.6. The van der Waals surface area contributed by atoms with E-state index in [0.29, 0.717) is 32.5 Å². The third kappa shape index (κ3) is 3.48. The van der Waals surface area contributed by atoms with Crippen molar-refractivity contribution in [2.75, 3.05) is 19.0 Å². The predicted octanol–water partition coefficient (Wildman–Crippen LogP) is 1.07. The van der Waals surface area contributed by atoms with Gasteiger partial charge in [-0.2, -0.15) is 8.42 Å². The van der Waals surface area contributed by atoms with Crippen LogP contribution in [0.5, 0.6) is 0 Å². The van der Waals surface area contributed by atoms with E-state index in [9.17, 15) is 28.2 Å². The van der Waals surface area contributed by atoms with Crippen LogP contribution in [0.4, 0.5) is 0 Å². The van der Waals surface area contributed by atoms with E-state index in [1.165, 1.54) is 5.57 Å². The van der Waals surface area contributed by atoms with Gasteiger partial charge in [0.1, 0.15) is 23.2 Å². The second kappa shape index (κ2) is 7.91. The van der Waals surface area contributed by atoms with E-state index in [2.05, 4.69) is 13.0 Å². The van der Waals surface area contributed by atoms with Crippen LogP contribution in [0.25, 0.3) is 0 Å². The first-order chi connectivity index (χ1) is 15.8. The minimum atomic E-state index is -4.61. The summed E-state index contributed by atoms with van der Waals surface area (Å²) >= 11 is 0. The Kier molecular flexibility index (Phi) is 5.71. The molecule has 3 unspecified atom stereocenters. The van der Waals surface area contributed by atoms with Crippen molar-refractivity contribution in [1.82, 2.24) is 0 Å². The van der Waals surface area contributed by atoms with Crippen LogP contribution in [0.1, 0.15) is 52.4 Å². The molecule has 0 aromatic heterocycles. The van der Waals surface area contributed by atoms with Crippen LogP contribution in [0, 0.1) is 28.6 Å². The topological polar surface area (TPSA) is 147 Å². The number of hydrogen-bond acceptors (Lipinski definition) is 8. The maximum Gasteiger partial charge on any atom is 0.267 e. The van der Waals surface area contributed by atoms with E-state index in [0.717, 1.165) is 6.42 Å². The molecule has 3 N–H and O–H groups in total. The van der Waals surface area contributed by atoms with Gasteiger partial charge < -0.3 is 19.7 Å². The smallest absolute Gasteiger partial charge is 0.267 e. The molecule has 0 radical (unpaired) electrons. The Morgan fingerprint density at radius 3 is 2.59 bits per heavy atom. The fraction of sp³-hybridized carbons (Fsp3) is 0.833. The molecule has 9 atom stereocenters. The quantitative estimate of drug-likeness (QED) is 0.382. The van der Waals surface area contributed by atoms with Crippen molar-refractivity contribution in [3.05, 3.63) is 11.6 Å². The van der Waals surface area contributed by atoms with E-state index >= 15 is 0 Å². The van der Waals surface area contributed by atoms with Gasteiger partial charge in [-0.25, -0.2) is 0 Å². The van der Waals surface area contributed by atoms with Gasteiger partial charge in [-0.05, 0) is 43.9 Å². The van der Waals surface area contributed by atoms with Crippen molar-refractivity contribution in [1.29, 1.82) is 0 Å². The Morgan fingerprint density at radius 1 is 1.24 bits per heavy atom. The number of aliphatic hydroxyl groups excluding tert-OH is 1. The SMILES string of the molecule is C[C@]12CC3OCCOC3CC1=CC[C@@H]1[C@@H]2C(=O)C[C@@]2(C)[C@H]1CC[C@]2(O)C(=O)C(O)CS(=O)(=O)O. The lowest BCUT2D eigenvalue weighted by molar-refractivity contribution is -0.184. The lowest BCUT2D eigenvalue weighted by Gasteiger charge is -2.59. The highest BCUT2D eigenvalue weighted by molar-refractivity contribution is 7.85. The molecule has 1 aliphatic heterocycles. The van der Waals surface area contributed by atoms with E-state index in [-0.39, 0.29) is 54.0 Å². The molecule has 1 heterocycles. The van der Waals surface area contributed by atoms with E-state index in [1.54, 1.807) is 6.92 Å². The fourth-order valence-electron chi connectivity index (χ4n) is 8.18. The highest BCUT2D eigenvalue weighted by Crippen LogP contribution is 2.66. The zero-order chi connectivity index (χ0) is 24.7. The number of fused-ring (bicyclic) bond motifs is 6. The molecule has 34 heavy (non-hydrogen) atoms. The summed E-state index contributed by atoms with van der Waals surface area (Å²) in [5.74, 6) is -2.68. The molecule has 10 heteroatoms. The fourth-order valence-corrected chi connectivity index (χ4v) is 8.73. The number of carbonyl (C=O) groups is 2. The van der Waals surface area contributed by atoms with Crippen LogP contribution < -0.4 is 0 Å². The van der Waals surface area contributed by atoms with Gasteiger partial charge in [-0.15, -0.1) is 0 Å². The molecule has 4 aliphatic carbocycles. The zero-order valence-corrected chi connectivity index (χ0v) is 20.4. The number of aliphatic hydroxyl groups is 2. The second-order valence-corrected chi connectivity index (χ2v) is 12.9. The molecule has 5 aliphatic rings. The Labute approximate surface area is 199 Å². The Bertz CT molecular complexity index is 1040. The average molecular weight is 499 g/mol. The maximum atomic E-state index is 13.8. The number of carbonyl (C=O) groups excluding carboxylic acids is 2.